The summed E-state index contributed by atoms with van der Waals surface area (Å²) < 4.78 is 0. The number of benzene rings is 1. The van der Waals surface area contributed by atoms with Gasteiger partial charge in [0.05, 0.1) is 12.5 Å². The van der Waals surface area contributed by atoms with Crippen LogP contribution in [0, 0.1) is 0 Å². The highest BCUT2D eigenvalue weighted by molar-refractivity contribution is 6.36. The van der Waals surface area contributed by atoms with E-state index in [4.69, 9.17) is 28.3 Å². The molecular formula is C12H14Cl2N2O4. The van der Waals surface area contributed by atoms with E-state index in [0.717, 1.165) is 0 Å². The summed E-state index contributed by atoms with van der Waals surface area (Å²) in [5.74, 6) is -1.01. The summed E-state index contributed by atoms with van der Waals surface area (Å²) in [5.41, 5.74) is 0.335. The van der Waals surface area contributed by atoms with Crippen molar-refractivity contribution in [3.8, 4) is 0 Å². The number of carbonyl (C=O) groups excluding carboxylic acids is 1. The molecule has 20 heavy (non-hydrogen) atoms. The number of hydrogen-bond donors (Lipinski definition) is 4. The highest BCUT2D eigenvalue weighted by Crippen LogP contribution is 2.29. The first-order chi connectivity index (χ1) is 9.41. The van der Waals surface area contributed by atoms with E-state index >= 15 is 0 Å². The second-order valence-electron chi connectivity index (χ2n) is 3.93. The van der Waals surface area contributed by atoms with Gasteiger partial charge in [-0.15, -0.1) is 0 Å². The van der Waals surface area contributed by atoms with Gasteiger partial charge in [0.1, 0.15) is 0 Å². The summed E-state index contributed by atoms with van der Waals surface area (Å²) in [6.07, 6.45) is -1.23. The van der Waals surface area contributed by atoms with Crippen LogP contribution in [0.2, 0.25) is 10.0 Å². The molecule has 0 saturated carbocycles. The molecule has 0 aromatic heterocycles. The zero-order valence-corrected chi connectivity index (χ0v) is 11.9. The Labute approximate surface area is 125 Å². The van der Waals surface area contributed by atoms with Crippen LogP contribution in [0.4, 0.5) is 4.79 Å². The molecule has 0 aliphatic rings. The molecule has 1 rings (SSSR count). The van der Waals surface area contributed by atoms with E-state index in [1.165, 1.54) is 0 Å². The van der Waals surface area contributed by atoms with Gasteiger partial charge in [0.2, 0.25) is 0 Å². The van der Waals surface area contributed by atoms with E-state index in [1.54, 1.807) is 18.2 Å². The van der Waals surface area contributed by atoms with Gasteiger partial charge in [0.25, 0.3) is 0 Å². The van der Waals surface area contributed by atoms with E-state index in [2.05, 4.69) is 10.6 Å². The number of rotatable bonds is 6. The molecule has 0 saturated heterocycles. The van der Waals surface area contributed by atoms with E-state index < -0.39 is 18.1 Å². The van der Waals surface area contributed by atoms with Crippen LogP contribution in [0.5, 0.6) is 0 Å². The zero-order valence-electron chi connectivity index (χ0n) is 10.4. The Morgan fingerprint density at radius 1 is 1.20 bits per heavy atom. The van der Waals surface area contributed by atoms with Gasteiger partial charge < -0.3 is 20.8 Å². The summed E-state index contributed by atoms with van der Waals surface area (Å²) in [6, 6.07) is 4.23. The fourth-order valence-corrected chi connectivity index (χ4v) is 2.12. The standard InChI is InChI=1S/C12H14Cl2N2O4/c13-7-2-1-3-8(14)11(7)9(17)6-16-12(20)15-5-4-10(18)19/h1-3,9,17H,4-6H2,(H,18,19)(H2,15,16,20). The monoisotopic (exact) mass is 320 g/mol. The molecule has 0 fully saturated rings. The molecule has 0 bridgehead atoms. The lowest BCUT2D eigenvalue weighted by atomic mass is 10.1. The van der Waals surface area contributed by atoms with Gasteiger partial charge in [0.15, 0.2) is 0 Å². The summed E-state index contributed by atoms with van der Waals surface area (Å²) >= 11 is 11.8. The number of carboxylic acids is 1. The number of carboxylic acid groups (broad SMARTS) is 1. The molecule has 0 aliphatic heterocycles. The summed E-state index contributed by atoms with van der Waals surface area (Å²) in [7, 11) is 0. The molecule has 1 unspecified atom stereocenters. The third-order valence-electron chi connectivity index (χ3n) is 2.41. The van der Waals surface area contributed by atoms with Crippen molar-refractivity contribution in [2.24, 2.45) is 0 Å². The number of aliphatic carboxylic acids is 1. The van der Waals surface area contributed by atoms with Gasteiger partial charge in [-0.1, -0.05) is 29.3 Å². The SMILES string of the molecule is O=C(O)CCNC(=O)NCC(O)c1c(Cl)cccc1Cl. The quantitative estimate of drug-likeness (QED) is 0.642. The minimum atomic E-state index is -1.05. The normalized spacial score (nSPS) is 11.8. The van der Waals surface area contributed by atoms with Crippen molar-refractivity contribution in [2.75, 3.05) is 13.1 Å². The number of hydrogen-bond acceptors (Lipinski definition) is 3. The Balaban J connectivity index is 2.45. The predicted molar refractivity (Wildman–Crippen MR) is 75.1 cm³/mol. The zero-order chi connectivity index (χ0) is 15.1. The van der Waals surface area contributed by atoms with Crippen molar-refractivity contribution >= 4 is 35.2 Å². The lowest BCUT2D eigenvalue weighted by molar-refractivity contribution is -0.136. The molecule has 2 amide bonds. The minimum absolute atomic E-state index is 0.00408. The van der Waals surface area contributed by atoms with Crippen LogP contribution in [0.25, 0.3) is 0 Å². The van der Waals surface area contributed by atoms with Gasteiger partial charge >= 0.3 is 12.0 Å². The first-order valence-corrected chi connectivity index (χ1v) is 6.53. The second kappa shape index (κ2) is 7.94. The Kier molecular flexibility index (Phi) is 6.57. The van der Waals surface area contributed by atoms with Crippen molar-refractivity contribution < 1.29 is 19.8 Å². The maximum Gasteiger partial charge on any atom is 0.314 e. The van der Waals surface area contributed by atoms with Crippen molar-refractivity contribution in [1.29, 1.82) is 0 Å². The van der Waals surface area contributed by atoms with Crippen molar-refractivity contribution in [1.82, 2.24) is 10.6 Å². The fourth-order valence-electron chi connectivity index (χ4n) is 1.47. The van der Waals surface area contributed by atoms with Crippen LogP contribution in [0.15, 0.2) is 18.2 Å². The Hall–Kier alpha value is -1.50. The topological polar surface area (TPSA) is 98.7 Å². The number of aliphatic hydroxyl groups is 1. The number of halogens is 2. The number of carbonyl (C=O) groups is 2. The molecule has 4 N–H and O–H groups in total. The Morgan fingerprint density at radius 2 is 1.80 bits per heavy atom. The van der Waals surface area contributed by atoms with Crippen molar-refractivity contribution in [3.05, 3.63) is 33.8 Å². The number of urea groups is 1. The van der Waals surface area contributed by atoms with Crippen LogP contribution in [-0.4, -0.2) is 35.3 Å². The number of amides is 2. The van der Waals surface area contributed by atoms with Crippen LogP contribution in [-0.2, 0) is 4.79 Å². The van der Waals surface area contributed by atoms with E-state index in [1.807, 2.05) is 0 Å². The summed E-state index contributed by atoms with van der Waals surface area (Å²) in [4.78, 5) is 21.6. The van der Waals surface area contributed by atoms with Crippen LogP contribution in [0.3, 0.4) is 0 Å². The average molecular weight is 321 g/mol. The van der Waals surface area contributed by atoms with E-state index in [9.17, 15) is 14.7 Å². The first-order valence-electron chi connectivity index (χ1n) is 5.77. The smallest absolute Gasteiger partial charge is 0.314 e. The molecule has 0 radical (unpaired) electrons. The molecule has 6 nitrogen and oxygen atoms in total. The van der Waals surface area contributed by atoms with Gasteiger partial charge in [-0.25, -0.2) is 4.79 Å². The van der Waals surface area contributed by atoms with Crippen molar-refractivity contribution in [2.45, 2.75) is 12.5 Å². The van der Waals surface area contributed by atoms with E-state index in [0.29, 0.717) is 15.6 Å². The van der Waals surface area contributed by atoms with Crippen LogP contribution >= 0.6 is 23.2 Å². The lowest BCUT2D eigenvalue weighted by Gasteiger charge is -2.15. The maximum atomic E-state index is 11.3. The molecule has 0 heterocycles. The predicted octanol–water partition coefficient (Wildman–Crippen LogP) is 1.80. The number of nitrogens with one attached hydrogen (secondary N) is 2. The Morgan fingerprint density at radius 3 is 2.35 bits per heavy atom. The van der Waals surface area contributed by atoms with Crippen LogP contribution in [0.1, 0.15) is 18.1 Å². The average Bonchev–Trinajstić information content (AvgIpc) is 2.35. The van der Waals surface area contributed by atoms with Crippen molar-refractivity contribution in [3.63, 3.8) is 0 Å². The third-order valence-corrected chi connectivity index (χ3v) is 3.07. The molecule has 8 heteroatoms. The molecule has 0 spiro atoms. The maximum absolute atomic E-state index is 11.3. The molecule has 1 aromatic carbocycles. The first kappa shape index (κ1) is 16.6. The van der Waals surface area contributed by atoms with Gasteiger partial charge in [-0.05, 0) is 12.1 Å². The fraction of sp³-hybridized carbons (Fsp3) is 0.333. The third kappa shape index (κ3) is 5.24. The molecule has 1 aromatic rings. The highest BCUT2D eigenvalue weighted by Gasteiger charge is 2.16. The lowest BCUT2D eigenvalue weighted by Crippen LogP contribution is -2.38. The Bertz CT molecular complexity index is 476. The highest BCUT2D eigenvalue weighted by atomic mass is 35.5. The minimum Gasteiger partial charge on any atom is -0.481 e. The second-order valence-corrected chi connectivity index (χ2v) is 4.75. The largest absolute Gasteiger partial charge is 0.481 e. The van der Waals surface area contributed by atoms with E-state index in [-0.39, 0.29) is 19.5 Å². The molecule has 110 valence electrons. The van der Waals surface area contributed by atoms with Gasteiger partial charge in [0, 0.05) is 28.7 Å². The number of aliphatic hydroxyl groups excluding tert-OH is 1. The van der Waals surface area contributed by atoms with Gasteiger partial charge in [-0.2, -0.15) is 0 Å². The molecule has 0 aliphatic carbocycles. The summed E-state index contributed by atoms with van der Waals surface area (Å²) in [6.45, 7) is -0.0908. The molecule has 1 atom stereocenters. The van der Waals surface area contributed by atoms with Crippen LogP contribution < -0.4 is 10.6 Å². The molecular weight excluding hydrogens is 307 g/mol. The van der Waals surface area contributed by atoms with Gasteiger partial charge in [-0.3, -0.25) is 4.79 Å². The summed E-state index contributed by atoms with van der Waals surface area (Å²) in [5, 5.41) is 23.7.